The number of aromatic nitrogens is 4. The molecule has 6 heteroatoms. The first-order chi connectivity index (χ1) is 10.2. The Balaban J connectivity index is 2.18. The summed E-state index contributed by atoms with van der Waals surface area (Å²) >= 11 is 0. The van der Waals surface area contributed by atoms with Crippen LogP contribution in [0.15, 0.2) is 36.4 Å². The van der Waals surface area contributed by atoms with E-state index in [9.17, 15) is 9.90 Å². The lowest BCUT2D eigenvalue weighted by atomic mass is 10.1. The highest BCUT2D eigenvalue weighted by molar-refractivity contribution is 5.88. The summed E-state index contributed by atoms with van der Waals surface area (Å²) in [5.74, 6) is -0.493. The number of aryl methyl sites for hydroxylation is 1. The van der Waals surface area contributed by atoms with Crippen LogP contribution in [0.2, 0.25) is 0 Å². The molecule has 0 amide bonds. The van der Waals surface area contributed by atoms with E-state index < -0.39 is 5.97 Å². The molecule has 3 aromatic rings. The molecule has 0 saturated heterocycles. The van der Waals surface area contributed by atoms with E-state index in [4.69, 9.17) is 0 Å². The molecule has 0 fully saturated rings. The average Bonchev–Trinajstić information content (AvgIpc) is 2.91. The molecule has 0 spiro atoms. The van der Waals surface area contributed by atoms with Crippen LogP contribution in [0.5, 0.6) is 0 Å². The van der Waals surface area contributed by atoms with Crippen molar-refractivity contribution in [1.82, 2.24) is 20.0 Å². The van der Waals surface area contributed by atoms with Crippen LogP contribution in [0.4, 0.5) is 0 Å². The van der Waals surface area contributed by atoms with Crippen molar-refractivity contribution >= 4 is 17.0 Å². The summed E-state index contributed by atoms with van der Waals surface area (Å²) < 4.78 is 1.57. The van der Waals surface area contributed by atoms with Gasteiger partial charge < -0.3 is 5.11 Å². The minimum Gasteiger partial charge on any atom is -0.478 e. The number of nitrogens with zero attached hydrogens (tertiary/aromatic N) is 4. The fourth-order valence-electron chi connectivity index (χ4n) is 2.23. The fourth-order valence-corrected chi connectivity index (χ4v) is 2.23. The molecule has 2 aromatic heterocycles. The molecule has 0 saturated carbocycles. The van der Waals surface area contributed by atoms with Gasteiger partial charge in [-0.2, -0.15) is 4.68 Å². The Morgan fingerprint density at radius 3 is 2.86 bits per heavy atom. The number of hydrogen-bond acceptors (Lipinski definition) is 4. The van der Waals surface area contributed by atoms with E-state index in [0.717, 1.165) is 29.6 Å². The first kappa shape index (κ1) is 13.2. The molecule has 21 heavy (non-hydrogen) atoms. The molecule has 1 N–H and O–H groups in total. The van der Waals surface area contributed by atoms with E-state index in [-0.39, 0.29) is 5.56 Å². The number of carboxylic acids is 1. The van der Waals surface area contributed by atoms with Gasteiger partial charge in [0, 0.05) is 5.69 Å². The number of rotatable bonds is 4. The molecule has 2 heterocycles. The zero-order valence-electron chi connectivity index (χ0n) is 11.5. The van der Waals surface area contributed by atoms with Gasteiger partial charge in [-0.05, 0) is 30.7 Å². The third-order valence-electron chi connectivity index (χ3n) is 3.19. The zero-order valence-corrected chi connectivity index (χ0v) is 11.5. The van der Waals surface area contributed by atoms with E-state index in [1.165, 1.54) is 6.07 Å². The van der Waals surface area contributed by atoms with Gasteiger partial charge in [0.1, 0.15) is 5.52 Å². The smallest absolute Gasteiger partial charge is 0.335 e. The number of carboxylic acid groups (broad SMARTS) is 1. The predicted octanol–water partition coefficient (Wildman–Crippen LogP) is 2.47. The molecule has 106 valence electrons. The third-order valence-corrected chi connectivity index (χ3v) is 3.19. The highest BCUT2D eigenvalue weighted by Gasteiger charge is 2.12. The van der Waals surface area contributed by atoms with Crippen LogP contribution >= 0.6 is 0 Å². The molecule has 0 aliphatic heterocycles. The van der Waals surface area contributed by atoms with Crippen LogP contribution in [0, 0.1) is 0 Å². The Morgan fingerprint density at radius 2 is 2.10 bits per heavy atom. The normalized spacial score (nSPS) is 10.9. The lowest BCUT2D eigenvalue weighted by molar-refractivity contribution is 0.0696. The maximum atomic E-state index is 11.3. The minimum absolute atomic E-state index is 0.211. The van der Waals surface area contributed by atoms with Gasteiger partial charge in [-0.1, -0.05) is 30.7 Å². The van der Waals surface area contributed by atoms with Gasteiger partial charge in [0.15, 0.2) is 5.82 Å². The van der Waals surface area contributed by atoms with Crippen molar-refractivity contribution in [1.29, 1.82) is 0 Å². The quantitative estimate of drug-likeness (QED) is 0.795. The Kier molecular flexibility index (Phi) is 3.35. The summed E-state index contributed by atoms with van der Waals surface area (Å²) in [6.07, 6.45) is 1.62. The van der Waals surface area contributed by atoms with Crippen molar-refractivity contribution in [2.24, 2.45) is 0 Å². The van der Waals surface area contributed by atoms with Crippen LogP contribution in [-0.2, 0) is 6.42 Å². The SMILES string of the molecule is CCCc1cc(C(=O)O)cc(-n2nnc3ccccc32)n1. The van der Waals surface area contributed by atoms with Crippen LogP contribution in [0.3, 0.4) is 0 Å². The lowest BCUT2D eigenvalue weighted by Gasteiger charge is -2.06. The van der Waals surface area contributed by atoms with Gasteiger partial charge in [-0.25, -0.2) is 9.78 Å². The molecular weight excluding hydrogens is 268 g/mol. The highest BCUT2D eigenvalue weighted by Crippen LogP contribution is 2.17. The van der Waals surface area contributed by atoms with Gasteiger partial charge in [0.25, 0.3) is 0 Å². The molecule has 0 atom stereocenters. The van der Waals surface area contributed by atoms with Crippen molar-refractivity contribution in [3.05, 3.63) is 47.7 Å². The first-order valence-electron chi connectivity index (χ1n) is 6.74. The number of pyridine rings is 1. The van der Waals surface area contributed by atoms with Gasteiger partial charge in [-0.15, -0.1) is 5.10 Å². The molecular formula is C15H14N4O2. The van der Waals surface area contributed by atoms with Crippen LogP contribution in [0.1, 0.15) is 29.4 Å². The number of benzene rings is 1. The number of aromatic carboxylic acids is 1. The number of carbonyl (C=O) groups is 1. The molecule has 1 aromatic carbocycles. The van der Waals surface area contributed by atoms with E-state index in [2.05, 4.69) is 15.3 Å². The topological polar surface area (TPSA) is 80.9 Å². The molecule has 3 rings (SSSR count). The molecule has 6 nitrogen and oxygen atoms in total. The number of fused-ring (bicyclic) bond motifs is 1. The van der Waals surface area contributed by atoms with E-state index >= 15 is 0 Å². The summed E-state index contributed by atoms with van der Waals surface area (Å²) in [5.41, 5.74) is 2.50. The lowest BCUT2D eigenvalue weighted by Crippen LogP contribution is -2.07. The van der Waals surface area contributed by atoms with Crippen molar-refractivity contribution in [3.63, 3.8) is 0 Å². The molecule has 0 aliphatic rings. The van der Waals surface area contributed by atoms with Crippen LogP contribution in [-0.4, -0.2) is 31.1 Å². The maximum absolute atomic E-state index is 11.3. The molecule has 0 unspecified atom stereocenters. The first-order valence-corrected chi connectivity index (χ1v) is 6.74. The summed E-state index contributed by atoms with van der Waals surface area (Å²) in [7, 11) is 0. The Labute approximate surface area is 121 Å². The van der Waals surface area contributed by atoms with Gasteiger partial charge in [0.2, 0.25) is 0 Å². The monoisotopic (exact) mass is 282 g/mol. The Morgan fingerprint density at radius 1 is 1.29 bits per heavy atom. The zero-order chi connectivity index (χ0) is 14.8. The van der Waals surface area contributed by atoms with E-state index in [1.54, 1.807) is 10.7 Å². The summed E-state index contributed by atoms with van der Waals surface area (Å²) in [4.78, 5) is 15.8. The largest absolute Gasteiger partial charge is 0.478 e. The van der Waals surface area contributed by atoms with E-state index in [0.29, 0.717) is 5.82 Å². The second-order valence-electron chi connectivity index (χ2n) is 4.75. The van der Waals surface area contributed by atoms with Crippen molar-refractivity contribution in [2.75, 3.05) is 0 Å². The van der Waals surface area contributed by atoms with Gasteiger partial charge >= 0.3 is 5.97 Å². The molecule has 0 radical (unpaired) electrons. The second-order valence-corrected chi connectivity index (χ2v) is 4.75. The third kappa shape index (κ3) is 2.47. The van der Waals surface area contributed by atoms with E-state index in [1.807, 2.05) is 31.2 Å². The molecule has 0 bridgehead atoms. The van der Waals surface area contributed by atoms with Crippen molar-refractivity contribution in [3.8, 4) is 5.82 Å². The Hall–Kier alpha value is -2.76. The highest BCUT2D eigenvalue weighted by atomic mass is 16.4. The summed E-state index contributed by atoms with van der Waals surface area (Å²) in [5, 5.41) is 17.4. The van der Waals surface area contributed by atoms with Gasteiger partial charge in [0.05, 0.1) is 11.1 Å². The standard InChI is InChI=1S/C15H14N4O2/c1-2-5-11-8-10(15(20)21)9-14(16-11)19-13-7-4-3-6-12(13)17-18-19/h3-4,6-9H,2,5H2,1H3,(H,20,21). The number of hydrogen-bond donors (Lipinski definition) is 1. The van der Waals surface area contributed by atoms with Crippen LogP contribution in [0.25, 0.3) is 16.9 Å². The van der Waals surface area contributed by atoms with Crippen molar-refractivity contribution < 1.29 is 9.90 Å². The predicted molar refractivity (Wildman–Crippen MR) is 77.6 cm³/mol. The van der Waals surface area contributed by atoms with Crippen molar-refractivity contribution in [2.45, 2.75) is 19.8 Å². The van der Waals surface area contributed by atoms with Crippen LogP contribution < -0.4 is 0 Å². The Bertz CT molecular complexity index is 810. The second kappa shape index (κ2) is 5.32. The average molecular weight is 282 g/mol. The maximum Gasteiger partial charge on any atom is 0.335 e. The minimum atomic E-state index is -0.972. The number of para-hydroxylation sites is 1. The fraction of sp³-hybridized carbons (Fsp3) is 0.200. The summed E-state index contributed by atoms with van der Waals surface area (Å²) in [6, 6.07) is 10.6. The molecule has 0 aliphatic carbocycles. The summed E-state index contributed by atoms with van der Waals surface area (Å²) in [6.45, 7) is 2.03. The van der Waals surface area contributed by atoms with Gasteiger partial charge in [-0.3, -0.25) is 0 Å².